The predicted octanol–water partition coefficient (Wildman–Crippen LogP) is 0.493. The first-order chi connectivity index (χ1) is 9.15. The molecule has 0 bridgehead atoms. The molecule has 2 N–H and O–H groups in total. The van der Waals surface area contributed by atoms with E-state index >= 15 is 0 Å². The number of hydrogen-bond donors (Lipinski definition) is 1. The number of hydrogen-bond acceptors (Lipinski definition) is 5. The van der Waals surface area contributed by atoms with E-state index in [-0.39, 0.29) is 11.8 Å². The Morgan fingerprint density at radius 1 is 1.21 bits per heavy atom. The number of nitrogens with zero attached hydrogens (tertiary/aromatic N) is 2. The van der Waals surface area contributed by atoms with Crippen LogP contribution in [0.4, 0.5) is 0 Å². The highest BCUT2D eigenvalue weighted by Gasteiger charge is 2.43. The third-order valence-corrected chi connectivity index (χ3v) is 4.91. The molecule has 0 aromatic heterocycles. The minimum atomic E-state index is -0.271. The number of piperazine rings is 1. The number of fused-ring (bicyclic) bond motifs is 1. The van der Waals surface area contributed by atoms with Gasteiger partial charge in [0.2, 0.25) is 0 Å². The van der Waals surface area contributed by atoms with Crippen LogP contribution >= 0.6 is 0 Å². The highest BCUT2D eigenvalue weighted by molar-refractivity contribution is 4.96. The summed E-state index contributed by atoms with van der Waals surface area (Å²) in [5, 5.41) is 0. The molecule has 112 valence electrons. The van der Waals surface area contributed by atoms with Crippen molar-refractivity contribution >= 4 is 0 Å². The Morgan fingerprint density at radius 2 is 1.95 bits per heavy atom. The van der Waals surface area contributed by atoms with E-state index in [4.69, 9.17) is 15.2 Å². The van der Waals surface area contributed by atoms with Crippen LogP contribution in [0.5, 0.6) is 0 Å². The minimum absolute atomic E-state index is 0.243. The number of nitrogens with two attached hydrogens (primary N) is 1. The molecule has 0 aromatic rings. The third kappa shape index (κ3) is 2.95. The van der Waals surface area contributed by atoms with E-state index in [1.807, 2.05) is 0 Å². The van der Waals surface area contributed by atoms with Gasteiger partial charge >= 0.3 is 0 Å². The first-order valence-electron chi connectivity index (χ1n) is 7.40. The summed E-state index contributed by atoms with van der Waals surface area (Å²) in [4.78, 5) is 5.10. The molecule has 2 heterocycles. The molecule has 19 heavy (non-hydrogen) atoms. The van der Waals surface area contributed by atoms with Gasteiger partial charge in [-0.25, -0.2) is 0 Å². The van der Waals surface area contributed by atoms with Gasteiger partial charge in [-0.3, -0.25) is 9.80 Å². The standard InChI is InChI=1S/C14H29N3O2/c1-14(11-15,13(18-2)19-3)17-9-8-16-7-5-4-6-12(16)10-17/h12-13H,4-11,15H2,1-3H3. The molecule has 0 saturated carbocycles. The summed E-state index contributed by atoms with van der Waals surface area (Å²) >= 11 is 0. The van der Waals surface area contributed by atoms with E-state index in [0.717, 1.165) is 19.6 Å². The van der Waals surface area contributed by atoms with E-state index in [0.29, 0.717) is 12.6 Å². The van der Waals surface area contributed by atoms with Gasteiger partial charge in [-0.2, -0.15) is 0 Å². The average Bonchev–Trinajstić information content (AvgIpc) is 2.47. The lowest BCUT2D eigenvalue weighted by Gasteiger charge is -2.51. The molecule has 0 aliphatic carbocycles. The Labute approximate surface area is 117 Å². The second kappa shape index (κ2) is 6.50. The second-order valence-corrected chi connectivity index (χ2v) is 6.00. The lowest BCUT2D eigenvalue weighted by molar-refractivity contribution is -0.189. The maximum atomic E-state index is 6.04. The van der Waals surface area contributed by atoms with Crippen LogP contribution in [0.3, 0.4) is 0 Å². The summed E-state index contributed by atoms with van der Waals surface area (Å²) in [6.07, 6.45) is 3.74. The van der Waals surface area contributed by atoms with Crippen molar-refractivity contribution in [3.05, 3.63) is 0 Å². The maximum Gasteiger partial charge on any atom is 0.176 e. The molecule has 2 unspecified atom stereocenters. The molecule has 0 aromatic carbocycles. The highest BCUT2D eigenvalue weighted by Crippen LogP contribution is 2.28. The monoisotopic (exact) mass is 271 g/mol. The Balaban J connectivity index is 2.06. The van der Waals surface area contributed by atoms with E-state index in [1.54, 1.807) is 14.2 Å². The normalized spacial score (nSPS) is 29.2. The van der Waals surface area contributed by atoms with Crippen molar-refractivity contribution in [3.8, 4) is 0 Å². The second-order valence-electron chi connectivity index (χ2n) is 6.00. The Bertz CT molecular complexity index is 286. The molecular formula is C14H29N3O2. The van der Waals surface area contributed by atoms with Crippen molar-refractivity contribution in [1.29, 1.82) is 0 Å². The van der Waals surface area contributed by atoms with E-state index in [1.165, 1.54) is 25.8 Å². The van der Waals surface area contributed by atoms with Crippen LogP contribution in [-0.2, 0) is 9.47 Å². The van der Waals surface area contributed by atoms with Crippen LogP contribution in [0.15, 0.2) is 0 Å². The topological polar surface area (TPSA) is 51.0 Å². The Kier molecular flexibility index (Phi) is 5.20. The molecule has 2 aliphatic rings. The fourth-order valence-electron chi connectivity index (χ4n) is 3.60. The highest BCUT2D eigenvalue weighted by atomic mass is 16.7. The van der Waals surface area contributed by atoms with Gasteiger partial charge in [0, 0.05) is 46.4 Å². The third-order valence-electron chi connectivity index (χ3n) is 4.91. The van der Waals surface area contributed by atoms with Crippen molar-refractivity contribution in [2.45, 2.75) is 44.1 Å². The zero-order valence-electron chi connectivity index (χ0n) is 12.6. The minimum Gasteiger partial charge on any atom is -0.354 e. The van der Waals surface area contributed by atoms with Gasteiger partial charge in [0.1, 0.15) is 0 Å². The summed E-state index contributed by atoms with van der Waals surface area (Å²) in [5.41, 5.74) is 5.80. The van der Waals surface area contributed by atoms with Crippen molar-refractivity contribution in [3.63, 3.8) is 0 Å². The quantitative estimate of drug-likeness (QED) is 0.738. The number of methoxy groups -OCH3 is 2. The zero-order chi connectivity index (χ0) is 13.9. The van der Waals surface area contributed by atoms with Gasteiger partial charge in [-0.05, 0) is 26.3 Å². The average molecular weight is 271 g/mol. The summed E-state index contributed by atoms with van der Waals surface area (Å²) in [7, 11) is 3.39. The summed E-state index contributed by atoms with van der Waals surface area (Å²) in [6.45, 7) is 7.23. The largest absolute Gasteiger partial charge is 0.354 e. The van der Waals surface area contributed by atoms with E-state index < -0.39 is 0 Å². The van der Waals surface area contributed by atoms with Gasteiger partial charge in [0.05, 0.1) is 5.54 Å². The van der Waals surface area contributed by atoms with Crippen LogP contribution < -0.4 is 5.73 Å². The summed E-state index contributed by atoms with van der Waals surface area (Å²) in [6, 6.07) is 0.683. The molecule has 0 amide bonds. The molecule has 5 heteroatoms. The lowest BCUT2D eigenvalue weighted by Crippen LogP contribution is -2.67. The molecule has 0 radical (unpaired) electrons. The van der Waals surface area contributed by atoms with Crippen molar-refractivity contribution in [2.24, 2.45) is 5.73 Å². The van der Waals surface area contributed by atoms with Crippen molar-refractivity contribution < 1.29 is 9.47 Å². The summed E-state index contributed by atoms with van der Waals surface area (Å²) in [5.74, 6) is 0. The molecule has 0 spiro atoms. The van der Waals surface area contributed by atoms with E-state index in [9.17, 15) is 0 Å². The molecule has 2 aliphatic heterocycles. The predicted molar refractivity (Wildman–Crippen MR) is 76.1 cm³/mol. The lowest BCUT2D eigenvalue weighted by atomic mass is 9.93. The molecule has 2 saturated heterocycles. The first kappa shape index (κ1) is 15.2. The van der Waals surface area contributed by atoms with Gasteiger partial charge < -0.3 is 15.2 Å². The Hall–Kier alpha value is -0.200. The van der Waals surface area contributed by atoms with Gasteiger partial charge in [-0.15, -0.1) is 0 Å². The molecule has 2 fully saturated rings. The molecule has 2 rings (SSSR count). The van der Waals surface area contributed by atoms with Crippen LogP contribution in [0.25, 0.3) is 0 Å². The fraction of sp³-hybridized carbons (Fsp3) is 1.00. The van der Waals surface area contributed by atoms with Crippen LogP contribution in [0, 0.1) is 0 Å². The van der Waals surface area contributed by atoms with Crippen LogP contribution in [-0.4, -0.2) is 74.6 Å². The zero-order valence-corrected chi connectivity index (χ0v) is 12.6. The summed E-state index contributed by atoms with van der Waals surface area (Å²) < 4.78 is 11.0. The van der Waals surface area contributed by atoms with Crippen LogP contribution in [0.1, 0.15) is 26.2 Å². The van der Waals surface area contributed by atoms with Crippen molar-refractivity contribution in [2.75, 3.05) is 46.9 Å². The van der Waals surface area contributed by atoms with Crippen LogP contribution in [0.2, 0.25) is 0 Å². The maximum absolute atomic E-state index is 6.04. The van der Waals surface area contributed by atoms with Gasteiger partial charge in [0.15, 0.2) is 6.29 Å². The first-order valence-corrected chi connectivity index (χ1v) is 7.40. The number of ether oxygens (including phenoxy) is 2. The number of piperidine rings is 1. The molecule has 5 nitrogen and oxygen atoms in total. The molecular weight excluding hydrogens is 242 g/mol. The smallest absolute Gasteiger partial charge is 0.176 e. The van der Waals surface area contributed by atoms with E-state index in [2.05, 4.69) is 16.7 Å². The number of rotatable bonds is 5. The van der Waals surface area contributed by atoms with Gasteiger partial charge in [0.25, 0.3) is 0 Å². The molecule has 2 atom stereocenters. The fourth-order valence-corrected chi connectivity index (χ4v) is 3.60. The SMILES string of the molecule is COC(OC)C(C)(CN)N1CCN2CCCCC2C1. The Morgan fingerprint density at radius 3 is 2.58 bits per heavy atom. The van der Waals surface area contributed by atoms with Crippen molar-refractivity contribution in [1.82, 2.24) is 9.80 Å². The van der Waals surface area contributed by atoms with Gasteiger partial charge in [-0.1, -0.05) is 6.42 Å².